The number of hydrogen-bond donors (Lipinski definition) is 1. The first kappa shape index (κ1) is 20.5. The van der Waals surface area contributed by atoms with Gasteiger partial charge in [0.05, 0.1) is 11.3 Å². The summed E-state index contributed by atoms with van der Waals surface area (Å²) in [5, 5.41) is 7.20. The predicted molar refractivity (Wildman–Crippen MR) is 111 cm³/mol. The largest absolute Gasteiger partial charge is 0.321 e. The molecule has 0 spiro atoms. The maximum atomic E-state index is 14.1. The molecule has 3 rings (SSSR count). The van der Waals surface area contributed by atoms with Crippen molar-refractivity contribution in [2.75, 3.05) is 5.32 Å². The summed E-state index contributed by atoms with van der Waals surface area (Å²) in [7, 11) is 1.71. The van der Waals surface area contributed by atoms with Crippen molar-refractivity contribution < 1.29 is 14.0 Å². The number of hydrogen-bond acceptors (Lipinski definition) is 3. The Kier molecular flexibility index (Phi) is 5.38. The van der Waals surface area contributed by atoms with Crippen molar-refractivity contribution in [3.8, 4) is 0 Å². The molecule has 1 amide bonds. The molecule has 0 saturated carbocycles. The summed E-state index contributed by atoms with van der Waals surface area (Å²) in [6.07, 6.45) is 0. The molecule has 0 unspecified atom stereocenters. The summed E-state index contributed by atoms with van der Waals surface area (Å²) in [5.41, 5.74) is 2.60. The molecule has 0 saturated heterocycles. The maximum absolute atomic E-state index is 14.1. The summed E-state index contributed by atoms with van der Waals surface area (Å²) >= 11 is 0. The van der Waals surface area contributed by atoms with Crippen LogP contribution in [0.2, 0.25) is 0 Å². The van der Waals surface area contributed by atoms with Crippen LogP contribution in [0.4, 0.5) is 10.1 Å². The van der Waals surface area contributed by atoms with Crippen molar-refractivity contribution in [1.82, 2.24) is 9.78 Å². The second kappa shape index (κ2) is 7.62. The molecule has 1 N–H and O–H groups in total. The average molecular weight is 393 g/mol. The summed E-state index contributed by atoms with van der Waals surface area (Å²) in [6.45, 7) is 7.87. The SMILES string of the molecule is Cc1ccc(F)c(C(=O)c2cccc(NC(=O)c3cc(C(C)(C)C)nn3C)c2)c1. The molecule has 0 radical (unpaired) electrons. The highest BCUT2D eigenvalue weighted by Gasteiger charge is 2.22. The Morgan fingerprint density at radius 1 is 1.07 bits per heavy atom. The minimum Gasteiger partial charge on any atom is -0.321 e. The highest BCUT2D eigenvalue weighted by atomic mass is 19.1. The minimum atomic E-state index is -0.570. The smallest absolute Gasteiger partial charge is 0.273 e. The van der Waals surface area contributed by atoms with Crippen LogP contribution < -0.4 is 5.32 Å². The monoisotopic (exact) mass is 393 g/mol. The van der Waals surface area contributed by atoms with Crippen molar-refractivity contribution in [3.05, 3.63) is 82.4 Å². The van der Waals surface area contributed by atoms with E-state index in [1.807, 2.05) is 20.8 Å². The molecule has 0 aliphatic heterocycles. The topological polar surface area (TPSA) is 64.0 Å². The minimum absolute atomic E-state index is 0.00919. The van der Waals surface area contributed by atoms with Crippen LogP contribution in [-0.4, -0.2) is 21.5 Å². The molecule has 0 fully saturated rings. The van der Waals surface area contributed by atoms with Gasteiger partial charge in [-0.3, -0.25) is 14.3 Å². The number of rotatable bonds is 4. The molecular weight excluding hydrogens is 369 g/mol. The summed E-state index contributed by atoms with van der Waals surface area (Å²) in [4.78, 5) is 25.4. The number of halogens is 1. The van der Waals surface area contributed by atoms with E-state index >= 15 is 0 Å². The van der Waals surface area contributed by atoms with Crippen molar-refractivity contribution in [3.63, 3.8) is 0 Å². The number of amides is 1. The van der Waals surface area contributed by atoms with E-state index in [0.717, 1.165) is 11.3 Å². The van der Waals surface area contributed by atoms with E-state index in [2.05, 4.69) is 10.4 Å². The number of benzene rings is 2. The van der Waals surface area contributed by atoms with Gasteiger partial charge in [-0.1, -0.05) is 44.5 Å². The Hall–Kier alpha value is -3.28. The van der Waals surface area contributed by atoms with Crippen LogP contribution >= 0.6 is 0 Å². The Labute approximate surface area is 169 Å². The zero-order valence-corrected chi connectivity index (χ0v) is 17.2. The normalized spacial score (nSPS) is 11.4. The third-order valence-corrected chi connectivity index (χ3v) is 4.63. The van der Waals surface area contributed by atoms with Crippen molar-refractivity contribution >= 4 is 17.4 Å². The van der Waals surface area contributed by atoms with Crippen LogP contribution in [0.15, 0.2) is 48.5 Å². The van der Waals surface area contributed by atoms with Crippen molar-refractivity contribution in [1.29, 1.82) is 0 Å². The maximum Gasteiger partial charge on any atom is 0.273 e. The van der Waals surface area contributed by atoms with E-state index in [1.165, 1.54) is 16.8 Å². The molecule has 5 nitrogen and oxygen atoms in total. The van der Waals surface area contributed by atoms with Gasteiger partial charge in [0.1, 0.15) is 11.5 Å². The Morgan fingerprint density at radius 3 is 2.45 bits per heavy atom. The van der Waals surface area contributed by atoms with Gasteiger partial charge in [0.2, 0.25) is 0 Å². The highest BCUT2D eigenvalue weighted by molar-refractivity contribution is 6.10. The summed E-state index contributed by atoms with van der Waals surface area (Å²) in [5.74, 6) is -1.33. The second-order valence-electron chi connectivity index (χ2n) is 8.14. The van der Waals surface area contributed by atoms with Crippen LogP contribution in [0.5, 0.6) is 0 Å². The Morgan fingerprint density at radius 2 is 1.79 bits per heavy atom. The number of carbonyl (C=O) groups excluding carboxylic acids is 2. The fourth-order valence-electron chi connectivity index (χ4n) is 2.95. The number of nitrogens with zero attached hydrogens (tertiary/aromatic N) is 2. The van der Waals surface area contributed by atoms with Crippen LogP contribution in [0, 0.1) is 12.7 Å². The predicted octanol–water partition coefficient (Wildman–Crippen LogP) is 4.65. The zero-order valence-electron chi connectivity index (χ0n) is 17.2. The lowest BCUT2D eigenvalue weighted by atomic mass is 9.92. The first-order valence-electron chi connectivity index (χ1n) is 9.33. The third kappa shape index (κ3) is 4.42. The number of aryl methyl sites for hydroxylation is 2. The zero-order chi connectivity index (χ0) is 21.3. The average Bonchev–Trinajstić information content (AvgIpc) is 3.05. The first-order valence-corrected chi connectivity index (χ1v) is 9.33. The fraction of sp³-hybridized carbons (Fsp3) is 0.261. The third-order valence-electron chi connectivity index (χ3n) is 4.63. The van der Waals surface area contributed by atoms with Crippen LogP contribution in [0.1, 0.15) is 58.4 Å². The number of nitrogens with one attached hydrogen (secondary N) is 1. The summed E-state index contributed by atoms with van der Waals surface area (Å²) < 4.78 is 15.6. The molecule has 0 bridgehead atoms. The number of anilines is 1. The molecular formula is C23H24FN3O2. The lowest BCUT2D eigenvalue weighted by molar-refractivity contribution is 0.101. The van der Waals surface area contributed by atoms with Gasteiger partial charge in [0.15, 0.2) is 5.78 Å². The van der Waals surface area contributed by atoms with Gasteiger partial charge in [-0.2, -0.15) is 5.10 Å². The molecule has 0 aliphatic carbocycles. The van der Waals surface area contributed by atoms with Crippen LogP contribution in [0.3, 0.4) is 0 Å². The molecule has 0 aliphatic rings. The lowest BCUT2D eigenvalue weighted by Gasteiger charge is -2.13. The molecule has 150 valence electrons. The highest BCUT2D eigenvalue weighted by Crippen LogP contribution is 2.22. The number of ketones is 1. The molecule has 3 aromatic rings. The van der Waals surface area contributed by atoms with Gasteiger partial charge in [-0.25, -0.2) is 4.39 Å². The van der Waals surface area contributed by atoms with Gasteiger partial charge in [-0.05, 0) is 37.3 Å². The van der Waals surface area contributed by atoms with Crippen molar-refractivity contribution in [2.24, 2.45) is 7.05 Å². The standard InChI is InChI=1S/C23H24FN3O2/c1-14-9-10-18(24)17(11-14)21(28)15-7-6-8-16(12-15)25-22(29)19-13-20(23(2,3)4)26-27(19)5/h6-13H,1-5H3,(H,25,29). The van der Waals surface area contributed by atoms with E-state index in [0.29, 0.717) is 16.9 Å². The Bertz CT molecular complexity index is 1090. The Balaban J connectivity index is 1.85. The van der Waals surface area contributed by atoms with E-state index in [9.17, 15) is 14.0 Å². The van der Waals surface area contributed by atoms with Gasteiger partial charge in [0, 0.05) is 23.7 Å². The second-order valence-corrected chi connectivity index (χ2v) is 8.14. The number of carbonyl (C=O) groups is 2. The molecule has 6 heteroatoms. The van der Waals surface area contributed by atoms with Gasteiger partial charge in [0.25, 0.3) is 5.91 Å². The van der Waals surface area contributed by atoms with E-state index < -0.39 is 11.6 Å². The van der Waals surface area contributed by atoms with Crippen molar-refractivity contribution in [2.45, 2.75) is 33.1 Å². The lowest BCUT2D eigenvalue weighted by Crippen LogP contribution is -2.16. The molecule has 29 heavy (non-hydrogen) atoms. The molecule has 2 aromatic carbocycles. The summed E-state index contributed by atoms with van der Waals surface area (Å²) in [6, 6.07) is 12.7. The number of aromatic nitrogens is 2. The van der Waals surface area contributed by atoms with Gasteiger partial charge < -0.3 is 5.32 Å². The van der Waals surface area contributed by atoms with E-state index in [4.69, 9.17) is 0 Å². The van der Waals surface area contributed by atoms with Gasteiger partial charge >= 0.3 is 0 Å². The fourth-order valence-corrected chi connectivity index (χ4v) is 2.95. The molecule has 1 heterocycles. The van der Waals surface area contributed by atoms with Gasteiger partial charge in [-0.15, -0.1) is 0 Å². The van der Waals surface area contributed by atoms with E-state index in [-0.39, 0.29) is 16.9 Å². The molecule has 0 atom stereocenters. The first-order chi connectivity index (χ1) is 13.6. The molecule has 1 aromatic heterocycles. The quantitative estimate of drug-likeness (QED) is 0.657. The van der Waals surface area contributed by atoms with Crippen LogP contribution in [0.25, 0.3) is 0 Å². The van der Waals surface area contributed by atoms with Crippen LogP contribution in [-0.2, 0) is 12.5 Å². The van der Waals surface area contributed by atoms with E-state index in [1.54, 1.807) is 50.4 Å².